The number of benzene rings is 2. The molecule has 0 aliphatic rings. The van der Waals surface area contributed by atoms with E-state index in [-0.39, 0.29) is 21.5 Å². The Morgan fingerprint density at radius 3 is 2.32 bits per heavy atom. The van der Waals surface area contributed by atoms with E-state index < -0.39 is 11.7 Å². The van der Waals surface area contributed by atoms with Crippen LogP contribution in [0.2, 0.25) is 10.0 Å². The molecular weight excluding hydrogens is 366 g/mol. The van der Waals surface area contributed by atoms with E-state index in [1.807, 2.05) is 13.8 Å². The van der Waals surface area contributed by atoms with E-state index >= 15 is 0 Å². The molecule has 0 heterocycles. The van der Waals surface area contributed by atoms with Gasteiger partial charge in [-0.3, -0.25) is 9.59 Å². The minimum atomic E-state index is -0.679. The average molecular weight is 383 g/mol. The zero-order valence-corrected chi connectivity index (χ0v) is 15.3. The zero-order chi connectivity index (χ0) is 18.6. The van der Waals surface area contributed by atoms with Crippen molar-refractivity contribution in [1.29, 1.82) is 0 Å². The van der Waals surface area contributed by atoms with Crippen LogP contribution in [0.25, 0.3) is 0 Å². The van der Waals surface area contributed by atoms with Crippen molar-refractivity contribution in [3.8, 4) is 0 Å². The minimum Gasteiger partial charge on any atom is -0.339 e. The third-order valence-corrected chi connectivity index (χ3v) is 4.23. The van der Waals surface area contributed by atoms with Crippen LogP contribution < -0.4 is 5.32 Å². The number of nitrogens with one attached hydrogen (secondary N) is 1. The summed E-state index contributed by atoms with van der Waals surface area (Å²) in [6.45, 7) is 4.89. The van der Waals surface area contributed by atoms with Gasteiger partial charge in [-0.1, -0.05) is 23.2 Å². The number of halogens is 3. The number of rotatable bonds is 5. The molecule has 132 valence electrons. The van der Waals surface area contributed by atoms with Crippen molar-refractivity contribution in [3.63, 3.8) is 0 Å². The molecule has 0 aliphatic carbocycles. The SMILES string of the molecule is CCN(CC)C(=O)c1ccc(NC(=O)c2cc(Cl)ccc2F)cc1Cl. The molecule has 4 nitrogen and oxygen atoms in total. The Balaban J connectivity index is 2.22. The van der Waals surface area contributed by atoms with Gasteiger partial charge in [-0.05, 0) is 50.2 Å². The highest BCUT2D eigenvalue weighted by atomic mass is 35.5. The van der Waals surface area contributed by atoms with E-state index in [9.17, 15) is 14.0 Å². The van der Waals surface area contributed by atoms with Crippen molar-refractivity contribution in [2.75, 3.05) is 18.4 Å². The third-order valence-electron chi connectivity index (χ3n) is 3.68. The minimum absolute atomic E-state index is 0.174. The van der Waals surface area contributed by atoms with Crippen molar-refractivity contribution in [2.24, 2.45) is 0 Å². The molecule has 7 heteroatoms. The zero-order valence-electron chi connectivity index (χ0n) is 13.8. The third kappa shape index (κ3) is 4.50. The molecule has 2 amide bonds. The Morgan fingerprint density at radius 1 is 1.04 bits per heavy atom. The fraction of sp³-hybridized carbons (Fsp3) is 0.222. The van der Waals surface area contributed by atoms with Gasteiger partial charge in [0, 0.05) is 23.8 Å². The van der Waals surface area contributed by atoms with Gasteiger partial charge >= 0.3 is 0 Å². The van der Waals surface area contributed by atoms with Crippen LogP contribution in [-0.2, 0) is 0 Å². The molecule has 0 bridgehead atoms. The van der Waals surface area contributed by atoms with Gasteiger partial charge in [0.1, 0.15) is 5.82 Å². The second-order valence-electron chi connectivity index (χ2n) is 5.25. The molecule has 1 N–H and O–H groups in total. The monoisotopic (exact) mass is 382 g/mol. The lowest BCUT2D eigenvalue weighted by atomic mass is 10.1. The van der Waals surface area contributed by atoms with Crippen LogP contribution in [0.3, 0.4) is 0 Å². The Bertz CT molecular complexity index is 808. The summed E-state index contributed by atoms with van der Waals surface area (Å²) in [5.74, 6) is -1.52. The van der Waals surface area contributed by atoms with Crippen LogP contribution in [0.5, 0.6) is 0 Å². The highest BCUT2D eigenvalue weighted by Gasteiger charge is 2.17. The van der Waals surface area contributed by atoms with Gasteiger partial charge in [-0.2, -0.15) is 0 Å². The summed E-state index contributed by atoms with van der Waals surface area (Å²) in [6, 6.07) is 8.26. The van der Waals surface area contributed by atoms with Crippen LogP contribution in [0.4, 0.5) is 10.1 Å². The van der Waals surface area contributed by atoms with Gasteiger partial charge in [0.05, 0.1) is 16.1 Å². The topological polar surface area (TPSA) is 49.4 Å². The normalized spacial score (nSPS) is 10.4. The molecule has 0 spiro atoms. The Hall–Kier alpha value is -2.11. The lowest BCUT2D eigenvalue weighted by molar-refractivity contribution is 0.0773. The fourth-order valence-corrected chi connectivity index (χ4v) is 2.75. The summed E-state index contributed by atoms with van der Waals surface area (Å²) in [4.78, 5) is 26.2. The highest BCUT2D eigenvalue weighted by molar-refractivity contribution is 6.34. The first kappa shape index (κ1) is 19.2. The predicted octanol–water partition coefficient (Wildman–Crippen LogP) is 4.87. The van der Waals surface area contributed by atoms with Gasteiger partial charge in [0.25, 0.3) is 11.8 Å². The first-order valence-corrected chi connectivity index (χ1v) is 8.48. The van der Waals surface area contributed by atoms with Crippen LogP contribution >= 0.6 is 23.2 Å². The number of hydrogen-bond acceptors (Lipinski definition) is 2. The maximum atomic E-state index is 13.7. The second kappa shape index (κ2) is 8.32. The molecule has 0 radical (unpaired) electrons. The van der Waals surface area contributed by atoms with Gasteiger partial charge in [0.15, 0.2) is 0 Å². The first-order chi connectivity index (χ1) is 11.9. The lowest BCUT2D eigenvalue weighted by Gasteiger charge is -2.19. The molecule has 0 unspecified atom stereocenters. The average Bonchev–Trinajstić information content (AvgIpc) is 2.58. The Labute approximate surface area is 155 Å². The number of nitrogens with zero attached hydrogens (tertiary/aromatic N) is 1. The van der Waals surface area contributed by atoms with Crippen molar-refractivity contribution in [3.05, 3.63) is 63.4 Å². The molecule has 0 saturated carbocycles. The molecule has 2 aromatic carbocycles. The van der Waals surface area contributed by atoms with Crippen LogP contribution in [0.15, 0.2) is 36.4 Å². The molecule has 2 aromatic rings. The van der Waals surface area contributed by atoms with Crippen LogP contribution in [0.1, 0.15) is 34.6 Å². The van der Waals surface area contributed by atoms with E-state index in [1.165, 1.54) is 24.3 Å². The summed E-state index contributed by atoms with van der Waals surface area (Å²) in [5, 5.41) is 3.01. The van der Waals surface area contributed by atoms with E-state index in [2.05, 4.69) is 5.32 Å². The van der Waals surface area contributed by atoms with Gasteiger partial charge in [0.2, 0.25) is 0 Å². The number of amides is 2. The van der Waals surface area contributed by atoms with Crippen LogP contribution in [-0.4, -0.2) is 29.8 Å². The largest absolute Gasteiger partial charge is 0.339 e. The summed E-state index contributed by atoms with van der Waals surface area (Å²) >= 11 is 12.0. The maximum absolute atomic E-state index is 13.7. The van der Waals surface area contributed by atoms with Crippen molar-refractivity contribution in [2.45, 2.75) is 13.8 Å². The maximum Gasteiger partial charge on any atom is 0.258 e. The van der Waals surface area contributed by atoms with Crippen molar-refractivity contribution < 1.29 is 14.0 Å². The molecule has 0 fully saturated rings. The van der Waals surface area contributed by atoms with Gasteiger partial charge < -0.3 is 10.2 Å². The Morgan fingerprint density at radius 2 is 1.72 bits per heavy atom. The predicted molar refractivity (Wildman–Crippen MR) is 98.1 cm³/mol. The number of hydrogen-bond donors (Lipinski definition) is 1. The molecule has 25 heavy (non-hydrogen) atoms. The second-order valence-corrected chi connectivity index (χ2v) is 6.09. The Kier molecular flexibility index (Phi) is 6.39. The summed E-state index contributed by atoms with van der Waals surface area (Å²) in [5.41, 5.74) is 0.523. The molecule has 0 saturated heterocycles. The number of carbonyl (C=O) groups is 2. The quantitative estimate of drug-likeness (QED) is 0.801. The van der Waals surface area contributed by atoms with Gasteiger partial charge in [-0.15, -0.1) is 0 Å². The molecule has 2 rings (SSSR count). The van der Waals surface area contributed by atoms with E-state index in [0.717, 1.165) is 6.07 Å². The summed E-state index contributed by atoms with van der Waals surface area (Å²) in [7, 11) is 0. The van der Waals surface area contributed by atoms with Crippen molar-refractivity contribution >= 4 is 40.7 Å². The van der Waals surface area contributed by atoms with E-state index in [4.69, 9.17) is 23.2 Å². The summed E-state index contributed by atoms with van der Waals surface area (Å²) in [6.07, 6.45) is 0. The molecule has 0 aromatic heterocycles. The molecular formula is C18H17Cl2FN2O2. The van der Waals surface area contributed by atoms with E-state index in [0.29, 0.717) is 24.3 Å². The highest BCUT2D eigenvalue weighted by Crippen LogP contribution is 2.24. The number of anilines is 1. The molecule has 0 atom stereocenters. The van der Waals surface area contributed by atoms with E-state index in [1.54, 1.807) is 11.0 Å². The fourth-order valence-electron chi connectivity index (χ4n) is 2.32. The van der Waals surface area contributed by atoms with Crippen LogP contribution in [0, 0.1) is 5.82 Å². The lowest BCUT2D eigenvalue weighted by Crippen LogP contribution is -2.30. The standard InChI is InChI=1S/C18H17Cl2FN2O2/c1-3-23(4-2)18(25)13-7-6-12(10-15(13)20)22-17(24)14-9-11(19)5-8-16(14)21/h5-10H,3-4H2,1-2H3,(H,22,24). The molecule has 0 aliphatic heterocycles. The number of carbonyl (C=O) groups excluding carboxylic acids is 2. The van der Waals surface area contributed by atoms with Gasteiger partial charge in [-0.25, -0.2) is 4.39 Å². The summed E-state index contributed by atoms with van der Waals surface area (Å²) < 4.78 is 13.7. The first-order valence-electron chi connectivity index (χ1n) is 7.72. The smallest absolute Gasteiger partial charge is 0.258 e. The van der Waals surface area contributed by atoms with Crippen molar-refractivity contribution in [1.82, 2.24) is 4.90 Å².